The van der Waals surface area contributed by atoms with Gasteiger partial charge in [-0.1, -0.05) is 333 Å². The Hall–Kier alpha value is -2.63. The van der Waals surface area contributed by atoms with Gasteiger partial charge in [0.1, 0.15) is 13.2 Å². The van der Waals surface area contributed by atoms with Crippen molar-refractivity contribution in [3.8, 4) is 0 Å². The molecule has 0 aromatic carbocycles. The van der Waals surface area contributed by atoms with Crippen molar-refractivity contribution in [3.63, 3.8) is 0 Å². The lowest BCUT2D eigenvalue weighted by Crippen LogP contribution is -2.30. The smallest absolute Gasteiger partial charge is 0.306 e. The Morgan fingerprint density at radius 3 is 0.803 bits per heavy atom. The molecule has 0 aromatic heterocycles. The molecule has 1 unspecified atom stereocenters. The lowest BCUT2D eigenvalue weighted by atomic mass is 10.0. The second kappa shape index (κ2) is 64.9. The van der Waals surface area contributed by atoms with E-state index in [1.54, 1.807) is 0 Å². The fraction of sp³-hybridized carbons (Fsp3) is 0.843. The third kappa shape index (κ3) is 62.2. The van der Waals surface area contributed by atoms with Crippen LogP contribution in [0.2, 0.25) is 0 Å². The Morgan fingerprint density at radius 2 is 0.513 bits per heavy atom. The average Bonchev–Trinajstić information content (AvgIpc) is 3.42. The average molecular weight is 1070 g/mol. The van der Waals surface area contributed by atoms with Crippen molar-refractivity contribution in [2.24, 2.45) is 0 Å². The van der Waals surface area contributed by atoms with E-state index >= 15 is 0 Å². The summed E-state index contributed by atoms with van der Waals surface area (Å²) in [6, 6.07) is 0. The van der Waals surface area contributed by atoms with Gasteiger partial charge in [0, 0.05) is 19.3 Å². The first kappa shape index (κ1) is 73.4. The Kier molecular flexibility index (Phi) is 62.6. The van der Waals surface area contributed by atoms with Crippen LogP contribution in [0.5, 0.6) is 0 Å². The van der Waals surface area contributed by atoms with Gasteiger partial charge < -0.3 is 14.2 Å². The maximum Gasteiger partial charge on any atom is 0.306 e. The van der Waals surface area contributed by atoms with Crippen LogP contribution in [0.1, 0.15) is 361 Å². The SMILES string of the molecule is CC/C=C\C/C=C\C/C=C\C/C=C\CCCCC(=O)OC(COC(=O)CCCCCCCCCCCCCCCC)COC(=O)CCCCCCCCCCCCCCCCCCCCCCCCCCCCCCC. The van der Waals surface area contributed by atoms with Crippen LogP contribution in [-0.2, 0) is 28.6 Å². The lowest BCUT2D eigenvalue weighted by Gasteiger charge is -2.18. The molecule has 0 saturated heterocycles. The van der Waals surface area contributed by atoms with E-state index in [9.17, 15) is 14.4 Å². The summed E-state index contributed by atoms with van der Waals surface area (Å²) < 4.78 is 16.9. The molecule has 0 amide bonds. The van der Waals surface area contributed by atoms with Crippen LogP contribution >= 0.6 is 0 Å². The van der Waals surface area contributed by atoms with E-state index < -0.39 is 6.10 Å². The Labute approximate surface area is 473 Å². The number of allylic oxidation sites excluding steroid dienone is 8. The predicted octanol–water partition coefficient (Wildman–Crippen LogP) is 22.9. The minimum atomic E-state index is -0.792. The summed E-state index contributed by atoms with van der Waals surface area (Å²) in [6.07, 6.45) is 81.5. The summed E-state index contributed by atoms with van der Waals surface area (Å²) in [5.41, 5.74) is 0. The fourth-order valence-corrected chi connectivity index (χ4v) is 10.1. The third-order valence-electron chi connectivity index (χ3n) is 15.1. The van der Waals surface area contributed by atoms with Crippen LogP contribution in [0.15, 0.2) is 48.6 Å². The van der Waals surface area contributed by atoms with Crippen molar-refractivity contribution in [2.75, 3.05) is 13.2 Å². The predicted molar refractivity (Wildman–Crippen MR) is 330 cm³/mol. The van der Waals surface area contributed by atoms with E-state index in [2.05, 4.69) is 69.4 Å². The molecule has 0 aromatic rings. The summed E-state index contributed by atoms with van der Waals surface area (Å²) in [5.74, 6) is -0.905. The molecule has 0 bridgehead atoms. The highest BCUT2D eigenvalue weighted by Gasteiger charge is 2.19. The molecule has 0 aliphatic rings. The van der Waals surface area contributed by atoms with Crippen molar-refractivity contribution in [3.05, 3.63) is 48.6 Å². The first-order valence-corrected chi connectivity index (χ1v) is 33.6. The van der Waals surface area contributed by atoms with Gasteiger partial charge in [0.05, 0.1) is 0 Å². The van der Waals surface area contributed by atoms with Crippen molar-refractivity contribution in [1.82, 2.24) is 0 Å². The number of carbonyl (C=O) groups excluding carboxylic acids is 3. The van der Waals surface area contributed by atoms with Crippen molar-refractivity contribution in [1.29, 1.82) is 0 Å². The molecular weight excluding hydrogens is 937 g/mol. The molecule has 0 aliphatic carbocycles. The number of hydrogen-bond acceptors (Lipinski definition) is 6. The van der Waals surface area contributed by atoms with Crippen molar-refractivity contribution in [2.45, 2.75) is 367 Å². The zero-order chi connectivity index (χ0) is 55.0. The number of esters is 3. The van der Waals surface area contributed by atoms with Gasteiger partial charge in [0.15, 0.2) is 6.10 Å². The second-order valence-corrected chi connectivity index (χ2v) is 22.7. The number of hydrogen-bond donors (Lipinski definition) is 0. The summed E-state index contributed by atoms with van der Waals surface area (Å²) >= 11 is 0. The van der Waals surface area contributed by atoms with E-state index in [0.717, 1.165) is 77.0 Å². The van der Waals surface area contributed by atoms with Crippen LogP contribution in [0.3, 0.4) is 0 Å². The largest absolute Gasteiger partial charge is 0.462 e. The zero-order valence-electron chi connectivity index (χ0n) is 51.0. The maximum absolute atomic E-state index is 12.9. The van der Waals surface area contributed by atoms with Gasteiger partial charge in [-0.2, -0.15) is 0 Å². The number of ether oxygens (including phenoxy) is 3. The van der Waals surface area contributed by atoms with Gasteiger partial charge in [0.25, 0.3) is 0 Å². The molecular formula is C70H128O6. The third-order valence-corrected chi connectivity index (χ3v) is 15.1. The van der Waals surface area contributed by atoms with Gasteiger partial charge >= 0.3 is 17.9 Å². The monoisotopic (exact) mass is 1060 g/mol. The van der Waals surface area contributed by atoms with Crippen LogP contribution in [-0.4, -0.2) is 37.2 Å². The topological polar surface area (TPSA) is 78.9 Å². The molecule has 6 nitrogen and oxygen atoms in total. The van der Waals surface area contributed by atoms with Gasteiger partial charge in [-0.05, 0) is 57.8 Å². The molecule has 0 N–H and O–H groups in total. The standard InChI is InChI=1S/C70H128O6/c1-4-7-10-13-16-19-22-25-28-29-30-31-32-33-34-35-36-37-38-39-40-41-43-45-48-51-54-57-60-63-69(72)75-66-67(65-74-68(71)62-59-56-53-50-47-44-27-24-21-18-15-12-9-6-3)76-70(73)64-61-58-55-52-49-46-42-26-23-20-17-14-11-8-5-2/h8,11,17,20,26,42,49,52,67H,4-7,9-10,12-16,18-19,21-25,27-41,43-48,50-51,53-66H2,1-3H3/b11-8-,20-17-,42-26-,52-49-. The van der Waals surface area contributed by atoms with E-state index in [4.69, 9.17) is 14.2 Å². The zero-order valence-corrected chi connectivity index (χ0v) is 51.0. The Morgan fingerprint density at radius 1 is 0.276 bits per heavy atom. The number of carbonyl (C=O) groups is 3. The summed E-state index contributed by atoms with van der Waals surface area (Å²) in [4.78, 5) is 38.3. The van der Waals surface area contributed by atoms with Gasteiger partial charge in [-0.3, -0.25) is 14.4 Å². The van der Waals surface area contributed by atoms with Gasteiger partial charge in [-0.25, -0.2) is 0 Å². The second-order valence-electron chi connectivity index (χ2n) is 22.7. The van der Waals surface area contributed by atoms with Crippen LogP contribution < -0.4 is 0 Å². The normalized spacial score (nSPS) is 12.3. The first-order chi connectivity index (χ1) is 37.5. The molecule has 0 heterocycles. The molecule has 0 aliphatic heterocycles. The van der Waals surface area contributed by atoms with Gasteiger partial charge in [0.2, 0.25) is 0 Å². The number of unbranched alkanes of at least 4 members (excludes halogenated alkanes) is 43. The minimum absolute atomic E-state index is 0.0851. The molecule has 76 heavy (non-hydrogen) atoms. The fourth-order valence-electron chi connectivity index (χ4n) is 10.1. The van der Waals surface area contributed by atoms with Crippen molar-refractivity contribution >= 4 is 17.9 Å². The molecule has 6 heteroatoms. The van der Waals surface area contributed by atoms with E-state index in [-0.39, 0.29) is 37.5 Å². The molecule has 0 fully saturated rings. The van der Waals surface area contributed by atoms with E-state index in [0.29, 0.717) is 19.3 Å². The Balaban J connectivity index is 4.18. The first-order valence-electron chi connectivity index (χ1n) is 33.6. The molecule has 1 atom stereocenters. The number of rotatable bonds is 62. The molecule has 444 valence electrons. The lowest BCUT2D eigenvalue weighted by molar-refractivity contribution is -0.167. The highest BCUT2D eigenvalue weighted by Crippen LogP contribution is 2.18. The Bertz CT molecular complexity index is 1310. The van der Waals surface area contributed by atoms with Crippen LogP contribution in [0.25, 0.3) is 0 Å². The molecule has 0 spiro atoms. The quantitative estimate of drug-likeness (QED) is 0.0261. The molecule has 0 radical (unpaired) electrons. The molecule has 0 saturated carbocycles. The minimum Gasteiger partial charge on any atom is -0.462 e. The summed E-state index contributed by atoms with van der Waals surface area (Å²) in [5, 5.41) is 0. The summed E-state index contributed by atoms with van der Waals surface area (Å²) in [7, 11) is 0. The highest BCUT2D eigenvalue weighted by molar-refractivity contribution is 5.71. The molecule has 0 rings (SSSR count). The van der Waals surface area contributed by atoms with Crippen LogP contribution in [0, 0.1) is 0 Å². The van der Waals surface area contributed by atoms with Gasteiger partial charge in [-0.15, -0.1) is 0 Å². The van der Waals surface area contributed by atoms with E-state index in [1.165, 1.54) is 238 Å². The maximum atomic E-state index is 12.9. The van der Waals surface area contributed by atoms with E-state index in [1.807, 2.05) is 0 Å². The van der Waals surface area contributed by atoms with Crippen molar-refractivity contribution < 1.29 is 28.6 Å². The van der Waals surface area contributed by atoms with Crippen LogP contribution in [0.4, 0.5) is 0 Å². The summed E-state index contributed by atoms with van der Waals surface area (Å²) in [6.45, 7) is 6.55. The highest BCUT2D eigenvalue weighted by atomic mass is 16.6.